The lowest BCUT2D eigenvalue weighted by atomic mass is 10.1. The highest BCUT2D eigenvalue weighted by molar-refractivity contribution is 8.18. The fourth-order valence-electron chi connectivity index (χ4n) is 2.77. The van der Waals surface area contributed by atoms with Gasteiger partial charge in [-0.3, -0.25) is 29.4 Å². The normalized spacial score (nSPS) is 14.7. The van der Waals surface area contributed by atoms with E-state index in [2.05, 4.69) is 0 Å². The van der Waals surface area contributed by atoms with Crippen molar-refractivity contribution in [3.8, 4) is 5.75 Å². The van der Waals surface area contributed by atoms with Gasteiger partial charge in [0.05, 0.1) is 16.4 Å². The van der Waals surface area contributed by atoms with Crippen LogP contribution in [0.3, 0.4) is 0 Å². The van der Waals surface area contributed by atoms with E-state index in [0.717, 1.165) is 16.7 Å². The maximum absolute atomic E-state index is 12.6. The summed E-state index contributed by atoms with van der Waals surface area (Å²) < 4.78 is 10.6. The molecule has 31 heavy (non-hydrogen) atoms. The average Bonchev–Trinajstić information content (AvgIpc) is 3.01. The summed E-state index contributed by atoms with van der Waals surface area (Å²) in [5.74, 6) is -0.811. The van der Waals surface area contributed by atoms with E-state index in [4.69, 9.17) is 9.47 Å². The summed E-state index contributed by atoms with van der Waals surface area (Å²) >= 11 is 0.725. The quantitative estimate of drug-likeness (QED) is 0.262. The Morgan fingerprint density at radius 1 is 1.19 bits per heavy atom. The highest BCUT2D eigenvalue weighted by Gasteiger charge is 2.36. The molecule has 2 aromatic carbocycles. The van der Waals surface area contributed by atoms with Gasteiger partial charge >= 0.3 is 5.97 Å². The monoisotopic (exact) mass is 442 g/mol. The number of non-ortho nitro benzene ring substituents is 1. The molecule has 0 unspecified atom stereocenters. The molecule has 1 aliphatic rings. The van der Waals surface area contributed by atoms with Crippen LogP contribution in [0.25, 0.3) is 6.08 Å². The molecular weight excluding hydrogens is 424 g/mol. The number of thioether (sulfide) groups is 1. The Bertz CT molecular complexity index is 1070. The van der Waals surface area contributed by atoms with Crippen molar-refractivity contribution in [3.05, 3.63) is 74.7 Å². The highest BCUT2D eigenvalue weighted by atomic mass is 32.2. The van der Waals surface area contributed by atoms with E-state index in [-0.39, 0.29) is 23.8 Å². The van der Waals surface area contributed by atoms with Crippen LogP contribution in [0.5, 0.6) is 5.75 Å². The van der Waals surface area contributed by atoms with E-state index >= 15 is 0 Å². The van der Waals surface area contributed by atoms with Gasteiger partial charge in [0.15, 0.2) is 0 Å². The van der Waals surface area contributed by atoms with E-state index in [1.165, 1.54) is 18.2 Å². The van der Waals surface area contributed by atoms with Gasteiger partial charge in [-0.2, -0.15) is 0 Å². The Morgan fingerprint density at radius 2 is 1.97 bits per heavy atom. The lowest BCUT2D eigenvalue weighted by molar-refractivity contribution is -0.384. The minimum Gasteiger partial charge on any atom is -0.488 e. The summed E-state index contributed by atoms with van der Waals surface area (Å²) in [6.45, 7) is 1.42. The number of hydrogen-bond acceptors (Lipinski definition) is 8. The number of nitro benzene ring substituents is 1. The van der Waals surface area contributed by atoms with Crippen molar-refractivity contribution in [1.82, 2.24) is 4.90 Å². The molecule has 160 valence electrons. The molecule has 0 spiro atoms. The molecular formula is C21H18N2O7S. The molecule has 3 rings (SSSR count). The molecule has 1 fully saturated rings. The van der Waals surface area contributed by atoms with Crippen LogP contribution in [-0.4, -0.2) is 40.1 Å². The first kappa shape index (κ1) is 22.0. The zero-order chi connectivity index (χ0) is 22.4. The molecule has 1 aliphatic heterocycles. The van der Waals surface area contributed by atoms with Crippen molar-refractivity contribution in [3.63, 3.8) is 0 Å². The zero-order valence-electron chi connectivity index (χ0n) is 16.5. The number of nitrogens with zero attached hydrogens (tertiary/aromatic N) is 2. The summed E-state index contributed by atoms with van der Waals surface area (Å²) in [7, 11) is 0. The zero-order valence-corrected chi connectivity index (χ0v) is 17.3. The summed E-state index contributed by atoms with van der Waals surface area (Å²) in [4.78, 5) is 47.8. The lowest BCUT2D eigenvalue weighted by Crippen LogP contribution is -2.34. The molecule has 1 saturated heterocycles. The molecule has 0 atom stereocenters. The second-order valence-corrected chi connectivity index (χ2v) is 7.32. The van der Waals surface area contributed by atoms with Crippen LogP contribution in [0, 0.1) is 10.1 Å². The summed E-state index contributed by atoms with van der Waals surface area (Å²) in [6.07, 6.45) is 1.51. The van der Waals surface area contributed by atoms with Crippen LogP contribution >= 0.6 is 11.8 Å². The SMILES string of the molecule is CCOC(=O)CN1C(=O)S/C(=C/c2ccccc2OCc2cccc([N+](=O)[O-])c2)C1=O. The summed E-state index contributed by atoms with van der Waals surface area (Å²) in [5.41, 5.74) is 1.12. The van der Waals surface area contributed by atoms with E-state index in [0.29, 0.717) is 16.9 Å². The standard InChI is InChI=1S/C21H18N2O7S/c1-2-29-19(24)12-22-20(25)18(31-21(22)26)11-15-7-3-4-9-17(15)30-13-14-6-5-8-16(10-14)23(27)28/h3-11H,2,12-13H2,1H3/b18-11+. The summed E-state index contributed by atoms with van der Waals surface area (Å²) in [6, 6.07) is 13.0. The van der Waals surface area contributed by atoms with Gasteiger partial charge in [0.2, 0.25) is 0 Å². The third kappa shape index (κ3) is 5.48. The van der Waals surface area contributed by atoms with E-state index in [1.807, 2.05) is 0 Å². The predicted molar refractivity (Wildman–Crippen MR) is 113 cm³/mol. The van der Waals surface area contributed by atoms with Gasteiger partial charge < -0.3 is 9.47 Å². The number of ether oxygens (including phenoxy) is 2. The largest absolute Gasteiger partial charge is 0.488 e. The van der Waals surface area contributed by atoms with Crippen LogP contribution in [0.1, 0.15) is 18.1 Å². The topological polar surface area (TPSA) is 116 Å². The van der Waals surface area contributed by atoms with Gasteiger partial charge in [0.25, 0.3) is 16.8 Å². The number of imide groups is 1. The number of amides is 2. The van der Waals surface area contributed by atoms with E-state index in [1.54, 1.807) is 43.3 Å². The van der Waals surface area contributed by atoms with Gasteiger partial charge in [-0.25, -0.2) is 0 Å². The smallest absolute Gasteiger partial charge is 0.326 e. The Labute approximate surface area is 181 Å². The van der Waals surface area contributed by atoms with E-state index < -0.39 is 28.6 Å². The van der Waals surface area contributed by atoms with Gasteiger partial charge in [-0.05, 0) is 36.4 Å². The molecule has 0 radical (unpaired) electrons. The van der Waals surface area contributed by atoms with E-state index in [9.17, 15) is 24.5 Å². The number of rotatable bonds is 8. The predicted octanol–water partition coefficient (Wildman–Crippen LogP) is 3.77. The number of nitro groups is 1. The molecule has 0 saturated carbocycles. The number of para-hydroxylation sites is 1. The molecule has 0 aliphatic carbocycles. The highest BCUT2D eigenvalue weighted by Crippen LogP contribution is 2.34. The van der Waals surface area contributed by atoms with Crippen LogP contribution in [0.4, 0.5) is 10.5 Å². The van der Waals surface area contributed by atoms with Gasteiger partial charge in [-0.15, -0.1) is 0 Å². The third-order valence-electron chi connectivity index (χ3n) is 4.19. The van der Waals surface area contributed by atoms with Crippen LogP contribution in [0.15, 0.2) is 53.4 Å². The molecule has 0 aromatic heterocycles. The first-order chi connectivity index (χ1) is 14.9. The number of esters is 1. The Morgan fingerprint density at radius 3 is 2.71 bits per heavy atom. The minimum absolute atomic E-state index is 0.0374. The number of hydrogen-bond donors (Lipinski definition) is 0. The Hall–Kier alpha value is -3.66. The van der Waals surface area contributed by atoms with Crippen LogP contribution in [0.2, 0.25) is 0 Å². The molecule has 2 aromatic rings. The molecule has 0 bridgehead atoms. The molecule has 10 heteroatoms. The van der Waals surface area contributed by atoms with Gasteiger partial charge in [0.1, 0.15) is 18.9 Å². The fourth-order valence-corrected chi connectivity index (χ4v) is 3.59. The van der Waals surface area contributed by atoms with Crippen molar-refractivity contribution in [2.45, 2.75) is 13.5 Å². The second kappa shape index (κ2) is 9.90. The molecule has 0 N–H and O–H groups in total. The number of carbonyl (C=O) groups is 3. The maximum Gasteiger partial charge on any atom is 0.326 e. The average molecular weight is 442 g/mol. The summed E-state index contributed by atoms with van der Waals surface area (Å²) in [5, 5.41) is 10.4. The van der Waals surface area contributed by atoms with Gasteiger partial charge in [-0.1, -0.05) is 30.3 Å². The van der Waals surface area contributed by atoms with Gasteiger partial charge in [0, 0.05) is 17.7 Å². The molecule has 2 amide bonds. The second-order valence-electron chi connectivity index (χ2n) is 6.33. The first-order valence-corrected chi connectivity index (χ1v) is 10.1. The van der Waals surface area contributed by atoms with Crippen molar-refractivity contribution >= 4 is 40.6 Å². The minimum atomic E-state index is -0.660. The lowest BCUT2D eigenvalue weighted by Gasteiger charge is -2.11. The third-order valence-corrected chi connectivity index (χ3v) is 5.09. The number of benzene rings is 2. The van der Waals surface area contributed by atoms with Crippen molar-refractivity contribution in [2.75, 3.05) is 13.2 Å². The Kier molecular flexibility index (Phi) is 7.03. The van der Waals surface area contributed by atoms with Crippen molar-refractivity contribution in [1.29, 1.82) is 0 Å². The first-order valence-electron chi connectivity index (χ1n) is 9.25. The number of carbonyl (C=O) groups excluding carboxylic acids is 3. The molecule has 1 heterocycles. The van der Waals surface area contributed by atoms with Crippen LogP contribution in [-0.2, 0) is 20.9 Å². The van der Waals surface area contributed by atoms with Crippen molar-refractivity contribution < 1.29 is 28.8 Å². The van der Waals surface area contributed by atoms with Crippen molar-refractivity contribution in [2.24, 2.45) is 0 Å². The Balaban J connectivity index is 1.76. The maximum atomic E-state index is 12.6. The van der Waals surface area contributed by atoms with Crippen LogP contribution < -0.4 is 4.74 Å². The molecule has 9 nitrogen and oxygen atoms in total. The fraction of sp³-hybridized carbons (Fsp3) is 0.190.